The number of carboxylic acid groups (broad SMARTS) is 1. The van der Waals surface area contributed by atoms with Crippen LogP contribution < -0.4 is 5.32 Å². The minimum atomic E-state index is -1.02. The number of urea groups is 1. The molecule has 1 aliphatic heterocycles. The fraction of sp³-hybridized carbons (Fsp3) is 0.600. The monoisotopic (exact) mass is 294 g/mol. The van der Waals surface area contributed by atoms with Crippen LogP contribution in [-0.2, 0) is 6.54 Å². The average Bonchev–Trinajstić information content (AvgIpc) is 2.80. The van der Waals surface area contributed by atoms with E-state index in [4.69, 9.17) is 9.52 Å². The molecule has 0 aliphatic carbocycles. The first kappa shape index (κ1) is 15.4. The number of rotatable bonds is 3. The van der Waals surface area contributed by atoms with Crippen LogP contribution in [0, 0.1) is 12.8 Å². The summed E-state index contributed by atoms with van der Waals surface area (Å²) >= 11 is 0. The van der Waals surface area contributed by atoms with Crippen molar-refractivity contribution in [2.75, 3.05) is 6.54 Å². The maximum absolute atomic E-state index is 12.2. The number of furan rings is 1. The van der Waals surface area contributed by atoms with Crippen molar-refractivity contribution in [1.82, 2.24) is 10.2 Å². The molecule has 2 heterocycles. The summed E-state index contributed by atoms with van der Waals surface area (Å²) in [6.45, 7) is 6.74. The van der Waals surface area contributed by atoms with E-state index in [9.17, 15) is 9.59 Å². The zero-order chi connectivity index (χ0) is 15.6. The van der Waals surface area contributed by atoms with Gasteiger partial charge in [-0.25, -0.2) is 9.59 Å². The molecule has 1 saturated heterocycles. The lowest BCUT2D eigenvalue weighted by Gasteiger charge is -2.36. The van der Waals surface area contributed by atoms with Crippen molar-refractivity contribution in [3.63, 3.8) is 0 Å². The number of aromatic carboxylic acids is 1. The number of piperidine rings is 1. The summed E-state index contributed by atoms with van der Waals surface area (Å²) in [4.78, 5) is 25.0. The normalized spacial score (nSPS) is 22.1. The van der Waals surface area contributed by atoms with E-state index in [0.717, 1.165) is 19.4 Å². The van der Waals surface area contributed by atoms with E-state index in [1.54, 1.807) is 6.92 Å². The van der Waals surface area contributed by atoms with Crippen LogP contribution in [0.2, 0.25) is 0 Å². The van der Waals surface area contributed by atoms with E-state index < -0.39 is 5.97 Å². The van der Waals surface area contributed by atoms with Crippen LogP contribution in [0.5, 0.6) is 0 Å². The van der Waals surface area contributed by atoms with E-state index in [-0.39, 0.29) is 24.2 Å². The molecule has 0 aromatic carbocycles. The van der Waals surface area contributed by atoms with Gasteiger partial charge in [0.1, 0.15) is 17.1 Å². The van der Waals surface area contributed by atoms with Crippen LogP contribution in [0.4, 0.5) is 4.79 Å². The molecule has 2 N–H and O–H groups in total. The predicted octanol–water partition coefficient (Wildman–Crippen LogP) is 2.62. The van der Waals surface area contributed by atoms with Gasteiger partial charge in [0.2, 0.25) is 0 Å². The highest BCUT2D eigenvalue weighted by atomic mass is 16.4. The maximum atomic E-state index is 12.2. The lowest BCUT2D eigenvalue weighted by Crippen LogP contribution is -2.49. The van der Waals surface area contributed by atoms with Crippen LogP contribution in [0.25, 0.3) is 0 Å². The van der Waals surface area contributed by atoms with Gasteiger partial charge in [-0.1, -0.05) is 6.92 Å². The first-order chi connectivity index (χ1) is 9.88. The molecule has 6 nitrogen and oxygen atoms in total. The molecule has 2 amide bonds. The van der Waals surface area contributed by atoms with E-state index in [0.29, 0.717) is 17.4 Å². The molecule has 2 atom stereocenters. The fourth-order valence-corrected chi connectivity index (χ4v) is 2.68. The van der Waals surface area contributed by atoms with E-state index in [2.05, 4.69) is 12.2 Å². The third-order valence-electron chi connectivity index (χ3n) is 3.99. The van der Waals surface area contributed by atoms with Gasteiger partial charge < -0.3 is 19.7 Å². The zero-order valence-electron chi connectivity index (χ0n) is 12.7. The summed E-state index contributed by atoms with van der Waals surface area (Å²) in [5, 5.41) is 11.8. The summed E-state index contributed by atoms with van der Waals surface area (Å²) in [5.41, 5.74) is 0.138. The van der Waals surface area contributed by atoms with Crippen LogP contribution in [0.3, 0.4) is 0 Å². The maximum Gasteiger partial charge on any atom is 0.339 e. The van der Waals surface area contributed by atoms with Crippen molar-refractivity contribution in [3.8, 4) is 0 Å². The van der Waals surface area contributed by atoms with Gasteiger partial charge in [-0.3, -0.25) is 0 Å². The van der Waals surface area contributed by atoms with Gasteiger partial charge in [0.25, 0.3) is 0 Å². The topological polar surface area (TPSA) is 82.8 Å². The van der Waals surface area contributed by atoms with Crippen molar-refractivity contribution in [1.29, 1.82) is 0 Å². The molecule has 1 aromatic rings. The second-order valence-corrected chi connectivity index (χ2v) is 5.83. The van der Waals surface area contributed by atoms with Gasteiger partial charge in [-0.2, -0.15) is 0 Å². The molecule has 116 valence electrons. The first-order valence-corrected chi connectivity index (χ1v) is 7.25. The molecule has 1 fully saturated rings. The lowest BCUT2D eigenvalue weighted by molar-refractivity contribution is 0.0695. The van der Waals surface area contributed by atoms with Crippen molar-refractivity contribution in [3.05, 3.63) is 23.2 Å². The average molecular weight is 294 g/mol. The highest BCUT2D eigenvalue weighted by Crippen LogP contribution is 2.21. The molecule has 0 spiro atoms. The molecule has 21 heavy (non-hydrogen) atoms. The number of amides is 2. The van der Waals surface area contributed by atoms with E-state index in [1.165, 1.54) is 6.07 Å². The van der Waals surface area contributed by atoms with E-state index >= 15 is 0 Å². The van der Waals surface area contributed by atoms with Crippen LogP contribution in [-0.4, -0.2) is 34.6 Å². The minimum Gasteiger partial charge on any atom is -0.478 e. The molecular formula is C15H22N2O4. The van der Waals surface area contributed by atoms with Crippen LogP contribution in [0.15, 0.2) is 10.5 Å². The molecule has 0 bridgehead atoms. The van der Waals surface area contributed by atoms with Gasteiger partial charge in [0, 0.05) is 12.6 Å². The number of hydrogen-bond donors (Lipinski definition) is 2. The number of aryl methyl sites for hydroxylation is 1. The Labute approximate surface area is 124 Å². The van der Waals surface area contributed by atoms with Gasteiger partial charge in [-0.05, 0) is 38.7 Å². The molecule has 6 heteroatoms. The van der Waals surface area contributed by atoms with Gasteiger partial charge in [0.15, 0.2) is 0 Å². The Hall–Kier alpha value is -1.98. The SMILES string of the molecule is Cc1oc(CNC(=O)N2CC(C)CCC2C)cc1C(=O)O. The molecule has 1 aliphatic rings. The minimum absolute atomic E-state index is 0.125. The Balaban J connectivity index is 1.94. The standard InChI is InChI=1S/C15H22N2O4/c1-9-4-5-10(2)17(8-9)15(20)16-7-12-6-13(14(18)19)11(3)21-12/h6,9-10H,4-5,7-8H2,1-3H3,(H,16,20)(H,18,19). The number of carbonyl (C=O) groups excluding carboxylic acids is 1. The summed E-state index contributed by atoms with van der Waals surface area (Å²) in [6, 6.07) is 1.56. The third-order valence-corrected chi connectivity index (χ3v) is 3.99. The van der Waals surface area contributed by atoms with Crippen molar-refractivity contribution in [2.45, 2.75) is 46.2 Å². The van der Waals surface area contributed by atoms with Gasteiger partial charge in [0.05, 0.1) is 6.54 Å². The summed E-state index contributed by atoms with van der Waals surface area (Å²) in [5.74, 6) is 0.298. The first-order valence-electron chi connectivity index (χ1n) is 7.25. The quantitative estimate of drug-likeness (QED) is 0.897. The molecule has 2 unspecified atom stereocenters. The van der Waals surface area contributed by atoms with Crippen molar-refractivity contribution >= 4 is 12.0 Å². The Morgan fingerprint density at radius 3 is 2.76 bits per heavy atom. The Bertz CT molecular complexity index is 538. The number of hydrogen-bond acceptors (Lipinski definition) is 3. The smallest absolute Gasteiger partial charge is 0.339 e. The van der Waals surface area contributed by atoms with Crippen LogP contribution in [0.1, 0.15) is 48.6 Å². The largest absolute Gasteiger partial charge is 0.478 e. The Kier molecular flexibility index (Phi) is 4.55. The summed E-state index contributed by atoms with van der Waals surface area (Å²) in [7, 11) is 0. The molecule has 2 rings (SSSR count). The lowest BCUT2D eigenvalue weighted by atomic mass is 9.95. The number of nitrogens with one attached hydrogen (secondary N) is 1. The number of carbonyl (C=O) groups is 2. The van der Waals surface area contributed by atoms with Crippen molar-refractivity contribution in [2.24, 2.45) is 5.92 Å². The molecule has 0 radical (unpaired) electrons. The number of likely N-dealkylation sites (tertiary alicyclic amines) is 1. The Morgan fingerprint density at radius 1 is 1.43 bits per heavy atom. The molecule has 1 aromatic heterocycles. The number of carboxylic acids is 1. The zero-order valence-corrected chi connectivity index (χ0v) is 12.7. The van der Waals surface area contributed by atoms with Crippen molar-refractivity contribution < 1.29 is 19.1 Å². The highest BCUT2D eigenvalue weighted by molar-refractivity contribution is 5.88. The fourth-order valence-electron chi connectivity index (χ4n) is 2.68. The van der Waals surface area contributed by atoms with Crippen LogP contribution >= 0.6 is 0 Å². The van der Waals surface area contributed by atoms with Gasteiger partial charge >= 0.3 is 12.0 Å². The summed E-state index contributed by atoms with van der Waals surface area (Å²) < 4.78 is 5.35. The second-order valence-electron chi connectivity index (χ2n) is 5.83. The van der Waals surface area contributed by atoms with Gasteiger partial charge in [-0.15, -0.1) is 0 Å². The summed E-state index contributed by atoms with van der Waals surface area (Å²) in [6.07, 6.45) is 2.15. The second kappa shape index (κ2) is 6.20. The third kappa shape index (κ3) is 3.56. The predicted molar refractivity (Wildman–Crippen MR) is 77.2 cm³/mol. The highest BCUT2D eigenvalue weighted by Gasteiger charge is 2.26. The van der Waals surface area contributed by atoms with E-state index in [1.807, 2.05) is 11.8 Å². The number of nitrogens with zero attached hydrogens (tertiary/aromatic N) is 1. The molecule has 0 saturated carbocycles. The molecular weight excluding hydrogens is 272 g/mol. The Morgan fingerprint density at radius 2 is 2.14 bits per heavy atom.